The van der Waals surface area contributed by atoms with Gasteiger partial charge in [0.2, 0.25) is 0 Å². The van der Waals surface area contributed by atoms with Gasteiger partial charge in [0.05, 0.1) is 27.1 Å². The molecule has 0 aromatic heterocycles. The molecule has 0 saturated carbocycles. The Hall–Kier alpha value is -2.97. The molecular formula is C18H14Cl2N4O4. The number of aryl methyl sites for hydroxylation is 1. The molecule has 0 atom stereocenters. The fourth-order valence-electron chi connectivity index (χ4n) is 2.70. The molecule has 2 aromatic carbocycles. The van der Waals surface area contributed by atoms with Crippen molar-refractivity contribution in [3.8, 4) is 0 Å². The van der Waals surface area contributed by atoms with Gasteiger partial charge in [-0.05, 0) is 37.1 Å². The molecule has 0 radical (unpaired) electrons. The Morgan fingerprint density at radius 3 is 2.64 bits per heavy atom. The molecular weight excluding hydrogens is 407 g/mol. The highest BCUT2D eigenvalue weighted by Gasteiger charge is 2.29. The molecule has 2 amide bonds. The van der Waals surface area contributed by atoms with E-state index in [0.717, 1.165) is 11.1 Å². The number of non-ortho nitro benzene ring substituents is 1. The van der Waals surface area contributed by atoms with Crippen molar-refractivity contribution < 1.29 is 14.5 Å². The molecule has 0 unspecified atom stereocenters. The van der Waals surface area contributed by atoms with Crippen LogP contribution in [0.3, 0.4) is 0 Å². The van der Waals surface area contributed by atoms with E-state index in [1.807, 2.05) is 0 Å². The number of amides is 2. The van der Waals surface area contributed by atoms with Crippen molar-refractivity contribution in [1.82, 2.24) is 5.32 Å². The molecule has 28 heavy (non-hydrogen) atoms. The minimum Gasteiger partial charge on any atom is -0.308 e. The van der Waals surface area contributed by atoms with Crippen molar-refractivity contribution in [2.45, 2.75) is 20.3 Å². The summed E-state index contributed by atoms with van der Waals surface area (Å²) < 4.78 is 0. The SMILES string of the molecule is Cc1cc(N2N=C(NC(=O)c3cccc([N+](=O)[O-])c3)CC2=O)c(C)c(Cl)c1Cl. The van der Waals surface area contributed by atoms with Crippen LogP contribution in [0.1, 0.15) is 27.9 Å². The lowest BCUT2D eigenvalue weighted by Crippen LogP contribution is -2.29. The quantitative estimate of drug-likeness (QED) is 0.598. The molecule has 10 heteroatoms. The Kier molecular flexibility index (Phi) is 5.35. The summed E-state index contributed by atoms with van der Waals surface area (Å²) in [5.74, 6) is -0.820. The molecule has 2 aromatic rings. The zero-order valence-electron chi connectivity index (χ0n) is 14.8. The minimum atomic E-state index is -0.598. The van der Waals surface area contributed by atoms with Crippen LogP contribution in [0.2, 0.25) is 10.0 Å². The van der Waals surface area contributed by atoms with Crippen molar-refractivity contribution in [1.29, 1.82) is 0 Å². The summed E-state index contributed by atoms with van der Waals surface area (Å²) >= 11 is 12.3. The van der Waals surface area contributed by atoms with Gasteiger partial charge in [0, 0.05) is 17.7 Å². The third kappa shape index (κ3) is 3.69. The first-order valence-corrected chi connectivity index (χ1v) is 8.86. The molecule has 1 aliphatic heterocycles. The fourth-order valence-corrected chi connectivity index (χ4v) is 3.14. The Morgan fingerprint density at radius 1 is 1.25 bits per heavy atom. The van der Waals surface area contributed by atoms with Crippen LogP contribution in [0.5, 0.6) is 0 Å². The number of hydrogen-bond donors (Lipinski definition) is 1. The van der Waals surface area contributed by atoms with Crippen LogP contribution in [0, 0.1) is 24.0 Å². The first-order valence-electron chi connectivity index (χ1n) is 8.10. The Bertz CT molecular complexity index is 1050. The number of hydrazone groups is 1. The number of nitrogens with zero attached hydrogens (tertiary/aromatic N) is 3. The Labute approximate surface area is 169 Å². The molecule has 8 nitrogen and oxygen atoms in total. The third-order valence-corrected chi connectivity index (χ3v) is 5.24. The maximum Gasteiger partial charge on any atom is 0.270 e. The molecule has 1 N–H and O–H groups in total. The number of hydrogen-bond acceptors (Lipinski definition) is 5. The van der Waals surface area contributed by atoms with Gasteiger partial charge in [0.15, 0.2) is 0 Å². The molecule has 1 heterocycles. The zero-order valence-corrected chi connectivity index (χ0v) is 16.3. The fraction of sp³-hybridized carbons (Fsp3) is 0.167. The zero-order chi connectivity index (χ0) is 20.6. The average Bonchev–Trinajstić information content (AvgIpc) is 3.02. The predicted molar refractivity (Wildman–Crippen MR) is 106 cm³/mol. The van der Waals surface area contributed by atoms with Crippen LogP contribution in [-0.4, -0.2) is 22.6 Å². The summed E-state index contributed by atoms with van der Waals surface area (Å²) in [5.41, 5.74) is 1.62. The number of anilines is 1. The molecule has 0 saturated heterocycles. The van der Waals surface area contributed by atoms with Crippen LogP contribution in [0.4, 0.5) is 11.4 Å². The molecule has 0 spiro atoms. The number of nitro groups is 1. The molecule has 0 bridgehead atoms. The van der Waals surface area contributed by atoms with Crippen molar-refractivity contribution in [2.24, 2.45) is 5.10 Å². The second-order valence-electron chi connectivity index (χ2n) is 6.16. The van der Waals surface area contributed by atoms with Gasteiger partial charge in [-0.3, -0.25) is 19.7 Å². The van der Waals surface area contributed by atoms with E-state index in [1.165, 1.54) is 18.2 Å². The van der Waals surface area contributed by atoms with Crippen LogP contribution in [-0.2, 0) is 4.79 Å². The number of halogens is 2. The van der Waals surface area contributed by atoms with Gasteiger partial charge in [-0.1, -0.05) is 29.3 Å². The normalized spacial score (nSPS) is 13.5. The second kappa shape index (κ2) is 7.57. The highest BCUT2D eigenvalue weighted by Crippen LogP contribution is 2.37. The first-order chi connectivity index (χ1) is 13.2. The van der Waals surface area contributed by atoms with E-state index in [0.29, 0.717) is 26.9 Å². The smallest absolute Gasteiger partial charge is 0.270 e. The van der Waals surface area contributed by atoms with Crippen LogP contribution in [0.25, 0.3) is 0 Å². The lowest BCUT2D eigenvalue weighted by Gasteiger charge is -2.17. The Morgan fingerprint density at radius 2 is 1.96 bits per heavy atom. The largest absolute Gasteiger partial charge is 0.308 e. The predicted octanol–water partition coefficient (Wildman–Crippen LogP) is 4.00. The van der Waals surface area contributed by atoms with E-state index in [9.17, 15) is 19.7 Å². The number of carbonyl (C=O) groups excluding carboxylic acids is 2. The van der Waals surface area contributed by atoms with Crippen LogP contribution >= 0.6 is 23.2 Å². The van der Waals surface area contributed by atoms with Gasteiger partial charge in [-0.25, -0.2) is 0 Å². The summed E-state index contributed by atoms with van der Waals surface area (Å²) in [6.07, 6.45) is -0.126. The first kappa shape index (κ1) is 19.8. The van der Waals surface area contributed by atoms with Gasteiger partial charge in [-0.2, -0.15) is 10.1 Å². The van der Waals surface area contributed by atoms with Crippen molar-refractivity contribution >= 4 is 52.2 Å². The third-order valence-electron chi connectivity index (χ3n) is 4.19. The van der Waals surface area contributed by atoms with E-state index in [-0.39, 0.29) is 29.4 Å². The summed E-state index contributed by atoms with van der Waals surface area (Å²) in [6.45, 7) is 3.47. The van der Waals surface area contributed by atoms with Gasteiger partial charge < -0.3 is 5.32 Å². The van der Waals surface area contributed by atoms with Gasteiger partial charge in [0.25, 0.3) is 17.5 Å². The van der Waals surface area contributed by atoms with E-state index < -0.39 is 10.8 Å². The molecule has 1 aliphatic rings. The maximum absolute atomic E-state index is 12.4. The lowest BCUT2D eigenvalue weighted by molar-refractivity contribution is -0.384. The van der Waals surface area contributed by atoms with Gasteiger partial charge in [-0.15, -0.1) is 0 Å². The van der Waals surface area contributed by atoms with E-state index in [4.69, 9.17) is 23.2 Å². The second-order valence-corrected chi connectivity index (χ2v) is 6.91. The number of rotatable bonds is 3. The topological polar surface area (TPSA) is 105 Å². The van der Waals surface area contributed by atoms with E-state index in [2.05, 4.69) is 10.4 Å². The monoisotopic (exact) mass is 420 g/mol. The van der Waals surface area contributed by atoms with Crippen molar-refractivity contribution in [3.05, 3.63) is 67.2 Å². The Balaban J connectivity index is 1.86. The standard InChI is InChI=1S/C18H14Cl2N4O4/c1-9-6-13(10(2)17(20)16(9)19)23-15(25)8-14(22-23)21-18(26)11-4-3-5-12(7-11)24(27)28/h3-7H,8H2,1-2H3,(H,21,22,26). The van der Waals surface area contributed by atoms with E-state index >= 15 is 0 Å². The summed E-state index contributed by atoms with van der Waals surface area (Å²) in [5, 5.41) is 19.4. The number of nitrogens with one attached hydrogen (secondary N) is 1. The summed E-state index contributed by atoms with van der Waals surface area (Å²) in [6, 6.07) is 6.96. The average molecular weight is 421 g/mol. The number of nitro benzene ring substituents is 1. The molecule has 0 fully saturated rings. The maximum atomic E-state index is 12.4. The molecule has 144 valence electrons. The lowest BCUT2D eigenvalue weighted by atomic mass is 10.1. The van der Waals surface area contributed by atoms with E-state index in [1.54, 1.807) is 19.9 Å². The van der Waals surface area contributed by atoms with Crippen LogP contribution in [0.15, 0.2) is 35.4 Å². The number of amidine groups is 1. The van der Waals surface area contributed by atoms with Crippen molar-refractivity contribution in [2.75, 3.05) is 5.01 Å². The molecule has 0 aliphatic carbocycles. The van der Waals surface area contributed by atoms with Gasteiger partial charge in [0.1, 0.15) is 5.84 Å². The summed E-state index contributed by atoms with van der Waals surface area (Å²) in [4.78, 5) is 35.0. The highest BCUT2D eigenvalue weighted by molar-refractivity contribution is 6.43. The highest BCUT2D eigenvalue weighted by atomic mass is 35.5. The summed E-state index contributed by atoms with van der Waals surface area (Å²) in [7, 11) is 0. The molecule has 3 rings (SSSR count). The number of benzene rings is 2. The minimum absolute atomic E-state index is 0.0874. The number of carbonyl (C=O) groups is 2. The van der Waals surface area contributed by atoms with Gasteiger partial charge >= 0.3 is 0 Å². The van der Waals surface area contributed by atoms with Crippen molar-refractivity contribution in [3.63, 3.8) is 0 Å². The van der Waals surface area contributed by atoms with Crippen LogP contribution < -0.4 is 10.3 Å².